The van der Waals surface area contributed by atoms with Gasteiger partial charge in [-0.2, -0.15) is 10.5 Å². The maximum absolute atomic E-state index is 9.00. The minimum Gasteiger partial charge on any atom is -0.494 e. The molecule has 0 radical (unpaired) electrons. The number of nitriles is 2. The zero-order chi connectivity index (χ0) is 38.6. The molecule has 0 aliphatic rings. The lowest BCUT2D eigenvalue weighted by atomic mass is 10.0. The van der Waals surface area contributed by atoms with Crippen LogP contribution in [0.3, 0.4) is 0 Å². The molecule has 0 spiro atoms. The fourth-order valence-electron chi connectivity index (χ4n) is 6.57. The van der Waals surface area contributed by atoms with Crippen molar-refractivity contribution in [2.45, 2.75) is 64.2 Å². The number of hydrogen-bond acceptors (Lipinski definition) is 4. The Kier molecular flexibility index (Phi) is 14.9. The number of benzene rings is 6. The molecule has 6 aromatic carbocycles. The molecule has 0 unspecified atom stereocenters. The van der Waals surface area contributed by atoms with Crippen molar-refractivity contribution in [2.75, 3.05) is 13.2 Å². The van der Waals surface area contributed by atoms with Gasteiger partial charge in [0, 0.05) is 12.0 Å². The van der Waals surface area contributed by atoms with Gasteiger partial charge >= 0.3 is 0 Å². The quantitative estimate of drug-likeness (QED) is 0.0652. The van der Waals surface area contributed by atoms with E-state index in [2.05, 4.69) is 109 Å². The molecule has 0 heterocycles. The number of hydrogen-bond donors (Lipinski definition) is 0. The second-order valence-corrected chi connectivity index (χ2v) is 14.0. The summed E-state index contributed by atoms with van der Waals surface area (Å²) in [6.07, 6.45) is 11.0. The van der Waals surface area contributed by atoms with Crippen LogP contribution in [0.25, 0.3) is 33.4 Å². The van der Waals surface area contributed by atoms with Gasteiger partial charge in [0.1, 0.15) is 11.5 Å². The molecule has 0 atom stereocenters. The number of ether oxygens (including phenoxy) is 2. The summed E-state index contributed by atoms with van der Waals surface area (Å²) in [5.74, 6) is 8.46. The molecule has 6 rings (SSSR count). The molecule has 0 fully saturated rings. The zero-order valence-corrected chi connectivity index (χ0v) is 32.1. The van der Waals surface area contributed by atoms with E-state index in [0.717, 1.165) is 91.7 Å². The van der Waals surface area contributed by atoms with E-state index in [1.807, 2.05) is 60.7 Å². The number of nitrogens with zero attached hydrogens (tertiary/aromatic N) is 2. The van der Waals surface area contributed by atoms with Crippen LogP contribution in [0, 0.1) is 34.5 Å². The number of unbranched alkanes of at least 4 members (excludes halogenated alkanes) is 7. The van der Waals surface area contributed by atoms with Crippen LogP contribution >= 0.6 is 0 Å². The number of rotatable bonds is 18. The Bertz CT molecular complexity index is 2230. The average Bonchev–Trinajstić information content (AvgIpc) is 3.26. The van der Waals surface area contributed by atoms with Crippen molar-refractivity contribution in [1.82, 2.24) is 0 Å². The molecule has 6 aromatic rings. The average molecular weight is 733 g/mol. The van der Waals surface area contributed by atoms with E-state index in [9.17, 15) is 0 Å². The monoisotopic (exact) mass is 732 g/mol. The summed E-state index contributed by atoms with van der Waals surface area (Å²) in [4.78, 5) is 0. The van der Waals surface area contributed by atoms with Gasteiger partial charge in [-0.25, -0.2) is 0 Å². The van der Waals surface area contributed by atoms with Crippen LogP contribution in [0.15, 0.2) is 146 Å². The Balaban J connectivity index is 0.795. The fraction of sp³-hybridized carbons (Fsp3) is 0.231. The summed E-state index contributed by atoms with van der Waals surface area (Å²) < 4.78 is 12.0. The van der Waals surface area contributed by atoms with Crippen molar-refractivity contribution in [1.29, 1.82) is 10.5 Å². The molecule has 56 heavy (non-hydrogen) atoms. The maximum atomic E-state index is 9.00. The van der Waals surface area contributed by atoms with Gasteiger partial charge in [-0.1, -0.05) is 122 Å². The predicted molar refractivity (Wildman–Crippen MR) is 228 cm³/mol. The lowest BCUT2D eigenvalue weighted by Gasteiger charge is -2.08. The molecule has 0 saturated carbocycles. The van der Waals surface area contributed by atoms with Gasteiger partial charge < -0.3 is 9.47 Å². The third-order valence-corrected chi connectivity index (χ3v) is 9.90. The normalized spacial score (nSPS) is 10.5. The first-order chi connectivity index (χ1) is 27.7. The van der Waals surface area contributed by atoms with Crippen molar-refractivity contribution < 1.29 is 9.47 Å². The first-order valence-electron chi connectivity index (χ1n) is 19.8. The van der Waals surface area contributed by atoms with E-state index in [-0.39, 0.29) is 0 Å². The molecular formula is C52H48N2O2. The molecular weight excluding hydrogens is 685 g/mol. The smallest absolute Gasteiger partial charge is 0.119 e. The Morgan fingerprint density at radius 1 is 0.357 bits per heavy atom. The van der Waals surface area contributed by atoms with E-state index in [1.165, 1.54) is 35.1 Å². The van der Waals surface area contributed by atoms with Crippen LogP contribution in [-0.4, -0.2) is 13.2 Å². The van der Waals surface area contributed by atoms with Gasteiger partial charge in [-0.05, 0) is 132 Å². The summed E-state index contributed by atoms with van der Waals surface area (Å²) in [7, 11) is 0. The fourth-order valence-corrected chi connectivity index (χ4v) is 6.57. The molecule has 0 aliphatic heterocycles. The molecule has 0 aromatic heterocycles. The van der Waals surface area contributed by atoms with Crippen LogP contribution in [0.5, 0.6) is 11.5 Å². The highest BCUT2D eigenvalue weighted by Crippen LogP contribution is 2.25. The lowest BCUT2D eigenvalue weighted by molar-refractivity contribution is 0.304. The highest BCUT2D eigenvalue weighted by Gasteiger charge is 2.03. The zero-order valence-electron chi connectivity index (χ0n) is 32.1. The van der Waals surface area contributed by atoms with Gasteiger partial charge in [0.25, 0.3) is 0 Å². The van der Waals surface area contributed by atoms with Crippen LogP contribution in [0.1, 0.15) is 80.0 Å². The third-order valence-electron chi connectivity index (χ3n) is 9.90. The minimum atomic E-state index is 0.670. The lowest BCUT2D eigenvalue weighted by Crippen LogP contribution is -1.97. The van der Waals surface area contributed by atoms with Crippen molar-refractivity contribution in [3.63, 3.8) is 0 Å². The Morgan fingerprint density at radius 3 is 1.14 bits per heavy atom. The van der Waals surface area contributed by atoms with Crippen molar-refractivity contribution >= 4 is 0 Å². The third kappa shape index (κ3) is 12.2. The van der Waals surface area contributed by atoms with E-state index < -0.39 is 0 Å². The second-order valence-electron chi connectivity index (χ2n) is 14.0. The summed E-state index contributed by atoms with van der Waals surface area (Å²) in [6, 6.07) is 53.5. The van der Waals surface area contributed by atoms with E-state index in [4.69, 9.17) is 20.0 Å². The van der Waals surface area contributed by atoms with Crippen LogP contribution in [-0.2, 0) is 6.42 Å². The molecule has 4 nitrogen and oxygen atoms in total. The molecule has 0 aliphatic carbocycles. The predicted octanol–water partition coefficient (Wildman–Crippen LogP) is 13.0. The molecule has 0 bridgehead atoms. The summed E-state index contributed by atoms with van der Waals surface area (Å²) in [6.45, 7) is 1.45. The minimum absolute atomic E-state index is 0.670. The Morgan fingerprint density at radius 2 is 0.714 bits per heavy atom. The summed E-state index contributed by atoms with van der Waals surface area (Å²) in [5.41, 5.74) is 10.6. The SMILES string of the molecule is N#Cc1ccc(-c2ccc(CCCCCCOc3ccc(-c4ccc(C#CCCCCCCOc5ccc(-c6ccc(C#N)cc6)cc5)cc4)cc3)cc2)cc1. The van der Waals surface area contributed by atoms with Crippen molar-refractivity contribution in [3.8, 4) is 68.9 Å². The topological polar surface area (TPSA) is 66.0 Å². The van der Waals surface area contributed by atoms with Crippen molar-refractivity contribution in [3.05, 3.63) is 168 Å². The standard InChI is InChI=1S/C52H48N2O2/c53-39-43-17-25-47(26-18-43)45-21-13-42(14-22-45)12-8-4-6-10-38-56-52-33-29-49(30-34-52)46-23-15-41(16-24-46)11-7-3-1-2-5-9-37-55-51-35-31-50(32-36-51)48-27-19-44(40-54)20-28-48/h13-36H,1-6,8-10,12,37-38H2. The first kappa shape index (κ1) is 39.2. The largest absolute Gasteiger partial charge is 0.494 e. The summed E-state index contributed by atoms with van der Waals surface area (Å²) in [5, 5.41) is 18.0. The van der Waals surface area contributed by atoms with Gasteiger partial charge in [0.05, 0.1) is 36.5 Å². The van der Waals surface area contributed by atoms with Crippen LogP contribution < -0.4 is 9.47 Å². The Hall–Kier alpha value is -6.54. The summed E-state index contributed by atoms with van der Waals surface area (Å²) >= 11 is 0. The maximum Gasteiger partial charge on any atom is 0.119 e. The number of aryl methyl sites for hydroxylation is 1. The molecule has 0 amide bonds. The van der Waals surface area contributed by atoms with Gasteiger partial charge in [-0.15, -0.1) is 0 Å². The van der Waals surface area contributed by atoms with Crippen LogP contribution in [0.4, 0.5) is 0 Å². The molecule has 278 valence electrons. The molecule has 4 heteroatoms. The second kappa shape index (κ2) is 21.4. The van der Waals surface area contributed by atoms with E-state index >= 15 is 0 Å². The van der Waals surface area contributed by atoms with Gasteiger partial charge in [0.15, 0.2) is 0 Å². The molecule has 0 saturated heterocycles. The van der Waals surface area contributed by atoms with Gasteiger partial charge in [0.2, 0.25) is 0 Å². The first-order valence-corrected chi connectivity index (χ1v) is 19.8. The molecule has 0 N–H and O–H groups in total. The van der Waals surface area contributed by atoms with Crippen LogP contribution in [0.2, 0.25) is 0 Å². The Labute approximate surface area is 333 Å². The van der Waals surface area contributed by atoms with Crippen molar-refractivity contribution in [2.24, 2.45) is 0 Å². The highest BCUT2D eigenvalue weighted by molar-refractivity contribution is 5.66. The highest BCUT2D eigenvalue weighted by atomic mass is 16.5. The van der Waals surface area contributed by atoms with E-state index in [1.54, 1.807) is 0 Å². The van der Waals surface area contributed by atoms with E-state index in [0.29, 0.717) is 17.7 Å². The van der Waals surface area contributed by atoms with Gasteiger partial charge in [-0.3, -0.25) is 0 Å².